The molecule has 4 rings (SSSR count). The minimum Gasteiger partial charge on any atom is -0.454 e. The quantitative estimate of drug-likeness (QED) is 0.852. The van der Waals surface area contributed by atoms with Gasteiger partial charge >= 0.3 is 0 Å². The molecule has 0 spiro atoms. The Kier molecular flexibility index (Phi) is 2.98. The molecule has 1 unspecified atom stereocenters. The topological polar surface area (TPSA) is 30.5 Å². The van der Waals surface area contributed by atoms with Crippen LogP contribution in [0.2, 0.25) is 9.36 Å². The lowest BCUT2D eigenvalue weighted by atomic mass is 10.1. The van der Waals surface area contributed by atoms with E-state index >= 15 is 0 Å². The molecule has 3 nitrogen and oxygen atoms in total. The number of hydrogen-bond donors (Lipinski definition) is 1. The third-order valence-corrected chi connectivity index (χ3v) is 5.29. The van der Waals surface area contributed by atoms with Gasteiger partial charge in [-0.25, -0.2) is 0 Å². The van der Waals surface area contributed by atoms with E-state index in [9.17, 15) is 0 Å². The summed E-state index contributed by atoms with van der Waals surface area (Å²) in [5.74, 6) is 1.43. The van der Waals surface area contributed by atoms with Gasteiger partial charge in [0.2, 0.25) is 6.79 Å². The molecule has 1 N–H and O–H groups in total. The highest BCUT2D eigenvalue weighted by Crippen LogP contribution is 2.44. The second kappa shape index (κ2) is 4.72. The molecule has 2 aliphatic rings. The fourth-order valence-corrected chi connectivity index (χ4v) is 4.26. The van der Waals surface area contributed by atoms with Crippen LogP contribution in [0, 0.1) is 0 Å². The summed E-state index contributed by atoms with van der Waals surface area (Å²) in [6, 6.07) is 6.00. The number of thiophene rings is 1. The average molecular weight is 328 g/mol. The molecule has 2 aromatic rings. The number of fused-ring (bicyclic) bond motifs is 2. The highest BCUT2D eigenvalue weighted by molar-refractivity contribution is 7.16. The Balaban J connectivity index is 1.64. The van der Waals surface area contributed by atoms with Crippen LogP contribution in [0.1, 0.15) is 22.9 Å². The number of ether oxygens (including phenoxy) is 2. The van der Waals surface area contributed by atoms with Crippen molar-refractivity contribution >= 4 is 40.2 Å². The first-order valence-corrected chi connectivity index (χ1v) is 7.92. The third-order valence-electron chi connectivity index (χ3n) is 3.64. The van der Waals surface area contributed by atoms with Crippen LogP contribution in [0.4, 0.5) is 5.69 Å². The number of hydrogen-bond acceptors (Lipinski definition) is 4. The molecule has 0 radical (unpaired) electrons. The number of benzene rings is 1. The maximum atomic E-state index is 6.30. The summed E-state index contributed by atoms with van der Waals surface area (Å²) in [5, 5.41) is 4.13. The first-order valence-electron chi connectivity index (χ1n) is 6.34. The van der Waals surface area contributed by atoms with Crippen molar-refractivity contribution < 1.29 is 9.47 Å². The number of halogens is 2. The molecule has 104 valence electrons. The van der Waals surface area contributed by atoms with Crippen molar-refractivity contribution in [1.82, 2.24) is 0 Å². The summed E-state index contributed by atoms with van der Waals surface area (Å²) in [6.45, 7) is 0.253. The second-order valence-corrected chi connectivity index (χ2v) is 7.03. The Bertz CT molecular complexity index is 686. The molecule has 1 aromatic carbocycles. The van der Waals surface area contributed by atoms with Crippen LogP contribution in [-0.2, 0) is 6.42 Å². The van der Waals surface area contributed by atoms with Crippen molar-refractivity contribution in [3.8, 4) is 11.5 Å². The van der Waals surface area contributed by atoms with Crippen molar-refractivity contribution in [1.29, 1.82) is 0 Å². The number of anilines is 1. The van der Waals surface area contributed by atoms with Gasteiger partial charge in [-0.3, -0.25) is 0 Å². The smallest absolute Gasteiger partial charge is 0.231 e. The Morgan fingerprint density at radius 1 is 1.15 bits per heavy atom. The van der Waals surface area contributed by atoms with Crippen molar-refractivity contribution in [2.45, 2.75) is 18.9 Å². The SMILES string of the molecule is Clc1cc2c(s1)CCC2Nc1cc2c(cc1Cl)OCO2. The Labute approximate surface area is 130 Å². The van der Waals surface area contributed by atoms with Gasteiger partial charge in [0.15, 0.2) is 11.5 Å². The maximum Gasteiger partial charge on any atom is 0.231 e. The fourth-order valence-electron chi connectivity index (χ4n) is 2.70. The van der Waals surface area contributed by atoms with Gasteiger partial charge in [-0.2, -0.15) is 0 Å². The lowest BCUT2D eigenvalue weighted by molar-refractivity contribution is 0.174. The van der Waals surface area contributed by atoms with Crippen molar-refractivity contribution in [3.05, 3.63) is 38.0 Å². The lowest BCUT2D eigenvalue weighted by Crippen LogP contribution is -2.07. The van der Waals surface area contributed by atoms with E-state index < -0.39 is 0 Å². The zero-order valence-electron chi connectivity index (χ0n) is 10.4. The Hall–Kier alpha value is -1.10. The van der Waals surface area contributed by atoms with E-state index in [-0.39, 0.29) is 12.8 Å². The molecule has 1 atom stereocenters. The van der Waals surface area contributed by atoms with Gasteiger partial charge < -0.3 is 14.8 Å². The Morgan fingerprint density at radius 2 is 1.95 bits per heavy atom. The summed E-state index contributed by atoms with van der Waals surface area (Å²) in [4.78, 5) is 1.37. The van der Waals surface area contributed by atoms with E-state index in [2.05, 4.69) is 5.32 Å². The van der Waals surface area contributed by atoms with Crippen molar-refractivity contribution in [2.75, 3.05) is 12.1 Å². The number of nitrogens with one attached hydrogen (secondary N) is 1. The summed E-state index contributed by atoms with van der Waals surface area (Å²) < 4.78 is 11.6. The summed E-state index contributed by atoms with van der Waals surface area (Å²) in [5.41, 5.74) is 2.16. The highest BCUT2D eigenvalue weighted by Gasteiger charge is 2.26. The standard InChI is InChI=1S/C14H11Cl2NO2S/c15-8-4-11-12(19-6-18-11)5-10(8)17-9-1-2-13-7(9)3-14(16)20-13/h3-5,9,17H,1-2,6H2. The average Bonchev–Trinajstić information content (AvgIpc) is 3.07. The zero-order valence-corrected chi connectivity index (χ0v) is 12.7. The van der Waals surface area contributed by atoms with E-state index in [1.165, 1.54) is 10.4 Å². The van der Waals surface area contributed by atoms with Gasteiger partial charge in [-0.15, -0.1) is 11.3 Å². The molecule has 0 bridgehead atoms. The summed E-state index contributed by atoms with van der Waals surface area (Å²) in [6.07, 6.45) is 2.12. The van der Waals surface area contributed by atoms with Crippen molar-refractivity contribution in [3.63, 3.8) is 0 Å². The normalized spacial score (nSPS) is 19.2. The third kappa shape index (κ3) is 2.03. The number of rotatable bonds is 2. The lowest BCUT2D eigenvalue weighted by Gasteiger charge is -2.16. The van der Waals surface area contributed by atoms with E-state index in [0.29, 0.717) is 10.8 Å². The van der Waals surface area contributed by atoms with Crippen LogP contribution in [0.15, 0.2) is 18.2 Å². The largest absolute Gasteiger partial charge is 0.454 e. The predicted octanol–water partition coefficient (Wildman–Crippen LogP) is 4.88. The molecule has 0 fully saturated rings. The van der Waals surface area contributed by atoms with E-state index in [0.717, 1.165) is 28.6 Å². The van der Waals surface area contributed by atoms with Gasteiger partial charge in [0.1, 0.15) is 0 Å². The number of aryl methyl sites for hydroxylation is 1. The van der Waals surface area contributed by atoms with Gasteiger partial charge in [0, 0.05) is 17.0 Å². The summed E-state index contributed by atoms with van der Waals surface area (Å²) in [7, 11) is 0. The molecule has 1 aromatic heterocycles. The molecule has 2 heterocycles. The first kappa shape index (κ1) is 12.6. The highest BCUT2D eigenvalue weighted by atomic mass is 35.5. The molecule has 6 heteroatoms. The molecule has 0 saturated heterocycles. The first-order chi connectivity index (χ1) is 9.70. The van der Waals surface area contributed by atoms with Crippen LogP contribution >= 0.6 is 34.5 Å². The van der Waals surface area contributed by atoms with Crippen LogP contribution in [-0.4, -0.2) is 6.79 Å². The predicted molar refractivity (Wildman–Crippen MR) is 81.6 cm³/mol. The van der Waals surface area contributed by atoms with Gasteiger partial charge in [-0.05, 0) is 24.5 Å². The molecule has 0 saturated carbocycles. The van der Waals surface area contributed by atoms with E-state index in [4.69, 9.17) is 32.7 Å². The van der Waals surface area contributed by atoms with Crippen LogP contribution in [0.3, 0.4) is 0 Å². The van der Waals surface area contributed by atoms with Crippen LogP contribution in [0.5, 0.6) is 11.5 Å². The molecule has 1 aliphatic heterocycles. The second-order valence-electron chi connectivity index (χ2n) is 4.85. The van der Waals surface area contributed by atoms with E-state index in [1.807, 2.05) is 12.1 Å². The zero-order chi connectivity index (χ0) is 13.7. The maximum absolute atomic E-state index is 6.30. The van der Waals surface area contributed by atoms with Gasteiger partial charge in [-0.1, -0.05) is 23.2 Å². The molecule has 1 aliphatic carbocycles. The molecular weight excluding hydrogens is 317 g/mol. The monoisotopic (exact) mass is 327 g/mol. The van der Waals surface area contributed by atoms with Crippen LogP contribution in [0.25, 0.3) is 0 Å². The van der Waals surface area contributed by atoms with Crippen LogP contribution < -0.4 is 14.8 Å². The van der Waals surface area contributed by atoms with Gasteiger partial charge in [0.05, 0.1) is 21.1 Å². The fraction of sp³-hybridized carbons (Fsp3) is 0.286. The molecule has 0 amide bonds. The molecule has 20 heavy (non-hydrogen) atoms. The van der Waals surface area contributed by atoms with Gasteiger partial charge in [0.25, 0.3) is 0 Å². The Morgan fingerprint density at radius 3 is 2.80 bits per heavy atom. The van der Waals surface area contributed by atoms with Crippen molar-refractivity contribution in [2.24, 2.45) is 0 Å². The minimum absolute atomic E-state index is 0.253. The molecular formula is C14H11Cl2NO2S. The summed E-state index contributed by atoms with van der Waals surface area (Å²) >= 11 is 14.0. The van der Waals surface area contributed by atoms with E-state index in [1.54, 1.807) is 17.4 Å². The minimum atomic E-state index is 0.253.